The highest BCUT2D eigenvalue weighted by atomic mass is 32.2. The van der Waals surface area contributed by atoms with Crippen molar-refractivity contribution in [2.45, 2.75) is 12.7 Å². The minimum atomic E-state index is -1.77. The fourth-order valence-corrected chi connectivity index (χ4v) is 1.43. The first kappa shape index (κ1) is 9.22. The van der Waals surface area contributed by atoms with Crippen molar-refractivity contribution >= 4 is 16.8 Å². The second-order valence-electron chi connectivity index (χ2n) is 2.66. The Morgan fingerprint density at radius 3 is 2.75 bits per heavy atom. The molecule has 1 rings (SSSR count). The summed E-state index contributed by atoms with van der Waals surface area (Å²) >= 11 is -1.77. The highest BCUT2D eigenvalue weighted by molar-refractivity contribution is 7.78. The second kappa shape index (κ2) is 3.69. The number of hydrogen-bond acceptors (Lipinski definition) is 2. The normalized spacial score (nSPS) is 12.8. The van der Waals surface area contributed by atoms with E-state index in [1.807, 2.05) is 13.0 Å². The molecule has 0 aromatic heterocycles. The van der Waals surface area contributed by atoms with Crippen molar-refractivity contribution in [2.24, 2.45) is 0 Å². The Hall–Kier alpha value is -0.870. The van der Waals surface area contributed by atoms with Gasteiger partial charge in [0.1, 0.15) is 0 Å². The molecule has 0 aliphatic heterocycles. The topological polar surface area (TPSA) is 63.3 Å². The fraction of sp³-hybridized carbons (Fsp3) is 0.250. The molecule has 0 aliphatic rings. The van der Waals surface area contributed by atoms with E-state index >= 15 is 0 Å². The summed E-state index contributed by atoms with van der Waals surface area (Å²) in [4.78, 5) is 0. The van der Waals surface area contributed by atoms with Crippen LogP contribution in [-0.2, 0) is 16.8 Å². The van der Waals surface area contributed by atoms with E-state index in [1.165, 1.54) is 0 Å². The molecule has 1 atom stereocenters. The monoisotopic (exact) mass is 185 g/mol. The van der Waals surface area contributed by atoms with Gasteiger partial charge in [0.2, 0.25) is 0 Å². The molecule has 0 bridgehead atoms. The van der Waals surface area contributed by atoms with Crippen molar-refractivity contribution in [3.05, 3.63) is 29.3 Å². The van der Waals surface area contributed by atoms with E-state index in [9.17, 15) is 4.21 Å². The Bertz CT molecular complexity index is 312. The molecule has 4 heteroatoms. The van der Waals surface area contributed by atoms with Crippen LogP contribution in [0, 0.1) is 6.92 Å². The van der Waals surface area contributed by atoms with E-state index in [-0.39, 0.29) is 5.75 Å². The number of anilines is 1. The molecule has 0 heterocycles. The maximum absolute atomic E-state index is 10.4. The summed E-state index contributed by atoms with van der Waals surface area (Å²) in [5, 5.41) is 0. The third-order valence-corrected chi connectivity index (χ3v) is 2.20. The summed E-state index contributed by atoms with van der Waals surface area (Å²) in [6.45, 7) is 1.87. The summed E-state index contributed by atoms with van der Waals surface area (Å²) in [5.41, 5.74) is 8.07. The number of nitrogens with two attached hydrogens (primary N) is 1. The van der Waals surface area contributed by atoms with Gasteiger partial charge in [-0.05, 0) is 24.1 Å². The van der Waals surface area contributed by atoms with Gasteiger partial charge >= 0.3 is 0 Å². The van der Waals surface area contributed by atoms with E-state index in [2.05, 4.69) is 0 Å². The Labute approximate surface area is 73.9 Å². The molecule has 12 heavy (non-hydrogen) atoms. The lowest BCUT2D eigenvalue weighted by atomic mass is 10.1. The third-order valence-electron chi connectivity index (χ3n) is 1.62. The van der Waals surface area contributed by atoms with Gasteiger partial charge in [-0.2, -0.15) is 0 Å². The van der Waals surface area contributed by atoms with Gasteiger partial charge in [-0.15, -0.1) is 0 Å². The van der Waals surface area contributed by atoms with Crippen LogP contribution in [0.25, 0.3) is 0 Å². The standard InChI is InChI=1S/C8H11NO2S/c1-6-4-7(5-12(10)11)2-3-8(6)9/h2-4H,5,9H2,1H3,(H,10,11). The molecule has 1 unspecified atom stereocenters. The number of benzene rings is 1. The molecule has 3 N–H and O–H groups in total. The van der Waals surface area contributed by atoms with Crippen LogP contribution in [0.1, 0.15) is 11.1 Å². The number of rotatable bonds is 2. The molecule has 0 amide bonds. The molecule has 1 aromatic carbocycles. The lowest BCUT2D eigenvalue weighted by molar-refractivity contribution is 0.563. The number of hydrogen-bond donors (Lipinski definition) is 2. The van der Waals surface area contributed by atoms with Gasteiger partial charge in [0, 0.05) is 5.69 Å². The van der Waals surface area contributed by atoms with Crippen molar-refractivity contribution < 1.29 is 8.76 Å². The quantitative estimate of drug-likeness (QED) is 0.539. The zero-order chi connectivity index (χ0) is 9.14. The first-order chi connectivity index (χ1) is 5.59. The van der Waals surface area contributed by atoms with Crippen LogP contribution in [0.4, 0.5) is 5.69 Å². The van der Waals surface area contributed by atoms with Crippen LogP contribution < -0.4 is 5.73 Å². The SMILES string of the molecule is Cc1cc(CS(=O)O)ccc1N. The predicted molar refractivity (Wildman–Crippen MR) is 50.1 cm³/mol. The lowest BCUT2D eigenvalue weighted by Gasteiger charge is -2.02. The third kappa shape index (κ3) is 2.32. The largest absolute Gasteiger partial charge is 0.399 e. The first-order valence-corrected chi connectivity index (χ1v) is 4.79. The Balaban J connectivity index is 2.89. The molecule has 0 spiro atoms. The van der Waals surface area contributed by atoms with Gasteiger partial charge < -0.3 is 10.3 Å². The molecule has 66 valence electrons. The summed E-state index contributed by atoms with van der Waals surface area (Å²) in [6.07, 6.45) is 0. The van der Waals surface area contributed by atoms with Gasteiger partial charge in [-0.25, -0.2) is 4.21 Å². The molecule has 1 aromatic rings. The Morgan fingerprint density at radius 1 is 1.58 bits per heavy atom. The average Bonchev–Trinajstić information content (AvgIpc) is 1.96. The molecule has 0 aliphatic carbocycles. The molecule has 3 nitrogen and oxygen atoms in total. The predicted octanol–water partition coefficient (Wildman–Crippen LogP) is 1.30. The van der Waals surface area contributed by atoms with Crippen LogP contribution in [0.2, 0.25) is 0 Å². The minimum Gasteiger partial charge on any atom is -0.399 e. The zero-order valence-electron chi connectivity index (χ0n) is 6.78. The first-order valence-electron chi connectivity index (χ1n) is 3.52. The lowest BCUT2D eigenvalue weighted by Crippen LogP contribution is -1.95. The highest BCUT2D eigenvalue weighted by Crippen LogP contribution is 2.13. The van der Waals surface area contributed by atoms with Crippen LogP contribution in [0.3, 0.4) is 0 Å². The van der Waals surface area contributed by atoms with Gasteiger partial charge in [-0.1, -0.05) is 12.1 Å². The Morgan fingerprint density at radius 2 is 2.25 bits per heavy atom. The zero-order valence-corrected chi connectivity index (χ0v) is 7.60. The maximum atomic E-state index is 10.4. The summed E-state index contributed by atoms with van der Waals surface area (Å²) in [5.74, 6) is 0.168. The highest BCUT2D eigenvalue weighted by Gasteiger charge is 1.99. The molecular formula is C8H11NO2S. The smallest absolute Gasteiger partial charge is 0.157 e. The van der Waals surface area contributed by atoms with Crippen LogP contribution in [0.5, 0.6) is 0 Å². The van der Waals surface area contributed by atoms with Crippen molar-refractivity contribution in [1.82, 2.24) is 0 Å². The van der Waals surface area contributed by atoms with Crippen molar-refractivity contribution in [2.75, 3.05) is 5.73 Å². The number of aryl methyl sites for hydroxylation is 1. The minimum absolute atomic E-state index is 0.168. The van der Waals surface area contributed by atoms with Crippen molar-refractivity contribution in [1.29, 1.82) is 0 Å². The molecule has 0 saturated heterocycles. The molecular weight excluding hydrogens is 174 g/mol. The van der Waals surface area contributed by atoms with Crippen molar-refractivity contribution in [3.63, 3.8) is 0 Å². The van der Waals surface area contributed by atoms with Crippen molar-refractivity contribution in [3.8, 4) is 0 Å². The summed E-state index contributed by atoms with van der Waals surface area (Å²) in [6, 6.07) is 5.33. The van der Waals surface area contributed by atoms with Gasteiger partial charge in [0.05, 0.1) is 5.75 Å². The van der Waals surface area contributed by atoms with Gasteiger partial charge in [-0.3, -0.25) is 0 Å². The Kier molecular flexibility index (Phi) is 2.83. The molecule has 0 fully saturated rings. The van der Waals surface area contributed by atoms with Gasteiger partial charge in [0.15, 0.2) is 11.1 Å². The van der Waals surface area contributed by atoms with Crippen LogP contribution in [-0.4, -0.2) is 8.76 Å². The van der Waals surface area contributed by atoms with Crippen LogP contribution >= 0.6 is 0 Å². The fourth-order valence-electron chi connectivity index (χ4n) is 0.970. The average molecular weight is 185 g/mol. The second-order valence-corrected chi connectivity index (χ2v) is 3.59. The van der Waals surface area contributed by atoms with Crippen LogP contribution in [0.15, 0.2) is 18.2 Å². The van der Waals surface area contributed by atoms with E-state index in [1.54, 1.807) is 12.1 Å². The summed E-state index contributed by atoms with van der Waals surface area (Å²) < 4.78 is 19.1. The maximum Gasteiger partial charge on any atom is 0.157 e. The van der Waals surface area contributed by atoms with Gasteiger partial charge in [0.25, 0.3) is 0 Å². The van der Waals surface area contributed by atoms with E-state index in [0.717, 1.165) is 11.1 Å². The van der Waals surface area contributed by atoms with E-state index in [4.69, 9.17) is 10.3 Å². The molecule has 0 saturated carbocycles. The number of nitrogen functional groups attached to an aromatic ring is 1. The molecule has 0 radical (unpaired) electrons. The van der Waals surface area contributed by atoms with E-state index in [0.29, 0.717) is 5.69 Å². The van der Waals surface area contributed by atoms with E-state index < -0.39 is 11.1 Å². The summed E-state index contributed by atoms with van der Waals surface area (Å²) in [7, 11) is 0.